The van der Waals surface area contributed by atoms with Gasteiger partial charge in [-0.25, -0.2) is 13.1 Å². The normalized spacial score (nSPS) is 19.8. The highest BCUT2D eigenvalue weighted by atomic mass is 35.5. The van der Waals surface area contributed by atoms with Crippen LogP contribution in [0.25, 0.3) is 0 Å². The summed E-state index contributed by atoms with van der Waals surface area (Å²) < 4.78 is 33.2. The Morgan fingerprint density at radius 2 is 2.08 bits per heavy atom. The summed E-state index contributed by atoms with van der Waals surface area (Å²) in [4.78, 5) is 0.124. The largest absolute Gasteiger partial charge is 0.497 e. The van der Waals surface area contributed by atoms with E-state index in [1.165, 1.54) is 6.07 Å². The third kappa shape index (κ3) is 3.60. The first-order valence-electron chi connectivity index (χ1n) is 8.41. The molecule has 0 amide bonds. The average Bonchev–Trinajstić information content (AvgIpc) is 2.62. The van der Waals surface area contributed by atoms with Crippen molar-refractivity contribution in [3.63, 3.8) is 0 Å². The number of aryl methyl sites for hydroxylation is 1. The van der Waals surface area contributed by atoms with Crippen molar-refractivity contribution in [1.29, 1.82) is 0 Å². The van der Waals surface area contributed by atoms with Gasteiger partial charge in [0.25, 0.3) is 0 Å². The zero-order valence-corrected chi connectivity index (χ0v) is 16.3. The molecule has 0 saturated heterocycles. The molecule has 0 radical (unpaired) electrons. The van der Waals surface area contributed by atoms with Crippen molar-refractivity contribution in [3.8, 4) is 5.75 Å². The van der Waals surface area contributed by atoms with Gasteiger partial charge < -0.3 is 9.84 Å². The van der Waals surface area contributed by atoms with Crippen LogP contribution < -0.4 is 9.46 Å². The summed E-state index contributed by atoms with van der Waals surface area (Å²) in [6.07, 6.45) is 2.09. The molecule has 7 heteroatoms. The first-order valence-corrected chi connectivity index (χ1v) is 10.3. The lowest BCUT2D eigenvalue weighted by molar-refractivity contribution is 0.0242. The minimum atomic E-state index is -3.79. The highest BCUT2D eigenvalue weighted by Crippen LogP contribution is 2.37. The van der Waals surface area contributed by atoms with Crippen LogP contribution in [-0.2, 0) is 22.0 Å². The van der Waals surface area contributed by atoms with Gasteiger partial charge in [0.05, 0.1) is 12.0 Å². The van der Waals surface area contributed by atoms with E-state index >= 15 is 0 Å². The number of benzene rings is 2. The predicted molar refractivity (Wildman–Crippen MR) is 101 cm³/mol. The van der Waals surface area contributed by atoms with Gasteiger partial charge in [-0.05, 0) is 67.1 Å². The van der Waals surface area contributed by atoms with Crippen LogP contribution in [0.5, 0.6) is 5.75 Å². The van der Waals surface area contributed by atoms with Crippen molar-refractivity contribution in [3.05, 3.63) is 58.1 Å². The molecule has 0 aliphatic heterocycles. The van der Waals surface area contributed by atoms with E-state index in [-0.39, 0.29) is 11.4 Å². The topological polar surface area (TPSA) is 75.6 Å². The third-order valence-corrected chi connectivity index (χ3v) is 6.87. The molecular weight excluding hydrogens is 374 g/mol. The van der Waals surface area contributed by atoms with Crippen molar-refractivity contribution < 1.29 is 18.3 Å². The van der Waals surface area contributed by atoms with E-state index < -0.39 is 15.6 Å². The fraction of sp³-hybridized carbons (Fsp3) is 0.368. The lowest BCUT2D eigenvalue weighted by Crippen LogP contribution is -2.43. The van der Waals surface area contributed by atoms with E-state index in [0.29, 0.717) is 17.0 Å². The van der Waals surface area contributed by atoms with Crippen LogP contribution >= 0.6 is 11.6 Å². The van der Waals surface area contributed by atoms with Crippen molar-refractivity contribution in [1.82, 2.24) is 4.72 Å². The van der Waals surface area contributed by atoms with E-state index in [1.54, 1.807) is 32.2 Å². The standard InChI is InChI=1S/C19H22ClNO4S/c1-13-17(20)6-3-7-18(13)26(23,24)21-12-19(22)10-4-5-14-11-15(25-2)8-9-16(14)19/h3,6-9,11,21-22H,4-5,10,12H2,1-2H3/t19-/m0/s1. The van der Waals surface area contributed by atoms with Gasteiger partial charge in [0, 0.05) is 11.6 Å². The van der Waals surface area contributed by atoms with Gasteiger partial charge in [0.1, 0.15) is 11.4 Å². The van der Waals surface area contributed by atoms with Gasteiger partial charge in [0.15, 0.2) is 0 Å². The van der Waals surface area contributed by atoms with Crippen LogP contribution in [0.4, 0.5) is 0 Å². The van der Waals surface area contributed by atoms with Gasteiger partial charge in [0.2, 0.25) is 10.0 Å². The molecule has 1 aliphatic carbocycles. The number of rotatable bonds is 5. The second-order valence-electron chi connectivity index (χ2n) is 6.60. The third-order valence-electron chi connectivity index (χ3n) is 4.91. The Labute approximate surface area is 159 Å². The van der Waals surface area contributed by atoms with Crippen LogP contribution in [0.2, 0.25) is 5.02 Å². The highest BCUT2D eigenvalue weighted by Gasteiger charge is 2.36. The molecule has 0 aromatic heterocycles. The second kappa shape index (κ2) is 7.19. The molecule has 2 N–H and O–H groups in total. The Morgan fingerprint density at radius 1 is 1.31 bits per heavy atom. The van der Waals surface area contributed by atoms with Gasteiger partial charge in [-0.3, -0.25) is 0 Å². The molecular formula is C19H22ClNO4S. The maximum absolute atomic E-state index is 12.7. The smallest absolute Gasteiger partial charge is 0.240 e. The predicted octanol–water partition coefficient (Wildman–Crippen LogP) is 3.16. The number of ether oxygens (including phenoxy) is 1. The molecule has 0 bridgehead atoms. The molecule has 140 valence electrons. The van der Waals surface area contributed by atoms with Crippen molar-refractivity contribution >= 4 is 21.6 Å². The van der Waals surface area contributed by atoms with Gasteiger partial charge >= 0.3 is 0 Å². The zero-order valence-electron chi connectivity index (χ0n) is 14.8. The van der Waals surface area contributed by atoms with E-state index in [0.717, 1.165) is 29.7 Å². The molecule has 0 unspecified atom stereocenters. The summed E-state index contributed by atoms with van der Waals surface area (Å²) in [5.74, 6) is 0.725. The molecule has 1 aliphatic rings. The molecule has 0 spiro atoms. The molecule has 0 fully saturated rings. The highest BCUT2D eigenvalue weighted by molar-refractivity contribution is 7.89. The molecule has 3 rings (SSSR count). The number of aliphatic hydroxyl groups is 1. The summed E-state index contributed by atoms with van der Waals surface area (Å²) in [5.41, 5.74) is 0.966. The van der Waals surface area contributed by atoms with Crippen LogP contribution in [-0.4, -0.2) is 27.2 Å². The van der Waals surface area contributed by atoms with Crippen LogP contribution in [0.15, 0.2) is 41.3 Å². The maximum Gasteiger partial charge on any atom is 0.240 e. The SMILES string of the molecule is COc1ccc2c(c1)CCC[C@]2(O)CNS(=O)(=O)c1cccc(Cl)c1C. The number of hydrogen-bond acceptors (Lipinski definition) is 4. The van der Waals surface area contributed by atoms with Crippen molar-refractivity contribution in [2.24, 2.45) is 0 Å². The molecule has 2 aromatic carbocycles. The number of hydrogen-bond donors (Lipinski definition) is 2. The van der Waals surface area contributed by atoms with Crippen LogP contribution in [0.3, 0.4) is 0 Å². The lowest BCUT2D eigenvalue weighted by Gasteiger charge is -2.35. The van der Waals surface area contributed by atoms with Gasteiger partial charge in [-0.1, -0.05) is 23.7 Å². The first-order chi connectivity index (χ1) is 12.3. The van der Waals surface area contributed by atoms with Crippen molar-refractivity contribution in [2.45, 2.75) is 36.7 Å². The molecule has 0 heterocycles. The van der Waals surface area contributed by atoms with E-state index in [2.05, 4.69) is 4.72 Å². The lowest BCUT2D eigenvalue weighted by atomic mass is 9.79. The number of methoxy groups -OCH3 is 1. The minimum absolute atomic E-state index is 0.0966. The van der Waals surface area contributed by atoms with Gasteiger partial charge in [-0.15, -0.1) is 0 Å². The minimum Gasteiger partial charge on any atom is -0.497 e. The van der Waals surface area contributed by atoms with E-state index in [9.17, 15) is 13.5 Å². The maximum atomic E-state index is 12.7. The number of fused-ring (bicyclic) bond motifs is 1. The Balaban J connectivity index is 1.87. The van der Waals surface area contributed by atoms with Crippen LogP contribution in [0.1, 0.15) is 29.5 Å². The van der Waals surface area contributed by atoms with Crippen LogP contribution in [0, 0.1) is 6.92 Å². The first kappa shape index (κ1) is 19.2. The summed E-state index contributed by atoms with van der Waals surface area (Å²) in [6.45, 7) is 1.56. The number of sulfonamides is 1. The fourth-order valence-electron chi connectivity index (χ4n) is 3.42. The monoisotopic (exact) mass is 395 g/mol. The Bertz CT molecular complexity index is 929. The second-order valence-corrected chi connectivity index (χ2v) is 8.74. The fourth-order valence-corrected chi connectivity index (χ4v) is 5.00. The molecule has 26 heavy (non-hydrogen) atoms. The summed E-state index contributed by atoms with van der Waals surface area (Å²) in [6, 6.07) is 10.2. The molecule has 2 aromatic rings. The Kier molecular flexibility index (Phi) is 5.30. The van der Waals surface area contributed by atoms with Gasteiger partial charge in [-0.2, -0.15) is 0 Å². The van der Waals surface area contributed by atoms with E-state index in [1.807, 2.05) is 12.1 Å². The summed E-state index contributed by atoms with van der Waals surface area (Å²) in [5, 5.41) is 11.5. The zero-order chi connectivity index (χ0) is 18.9. The average molecular weight is 396 g/mol. The summed E-state index contributed by atoms with van der Waals surface area (Å²) in [7, 11) is -2.19. The number of nitrogens with one attached hydrogen (secondary N) is 1. The molecule has 0 saturated carbocycles. The molecule has 1 atom stereocenters. The summed E-state index contributed by atoms with van der Waals surface area (Å²) >= 11 is 6.04. The Morgan fingerprint density at radius 3 is 2.81 bits per heavy atom. The Hall–Kier alpha value is -1.60. The number of halogens is 1. The van der Waals surface area contributed by atoms with Crippen molar-refractivity contribution in [2.75, 3.05) is 13.7 Å². The quantitative estimate of drug-likeness (QED) is 0.815. The molecule has 5 nitrogen and oxygen atoms in total. The van der Waals surface area contributed by atoms with E-state index in [4.69, 9.17) is 16.3 Å².